The molecule has 0 aliphatic carbocycles. The fourth-order valence-corrected chi connectivity index (χ4v) is 2.92. The number of carbonyl (C=O) groups is 3. The second kappa shape index (κ2) is 11.2. The first-order chi connectivity index (χ1) is 13.9. The van der Waals surface area contributed by atoms with Gasteiger partial charge in [0.1, 0.15) is 6.23 Å². The number of aliphatic hydroxyl groups excluding tert-OH is 1. The highest BCUT2D eigenvalue weighted by Gasteiger charge is 2.24. The average Bonchev–Trinajstić information content (AvgIpc) is 3.00. The lowest BCUT2D eigenvalue weighted by molar-refractivity contribution is -0.124. The van der Waals surface area contributed by atoms with E-state index in [0.717, 1.165) is 0 Å². The summed E-state index contributed by atoms with van der Waals surface area (Å²) in [5, 5.41) is 14.4. The molecule has 0 spiro atoms. The number of aliphatic hydroxyl groups is 1. The van der Waals surface area contributed by atoms with E-state index in [1.165, 1.54) is 15.9 Å². The van der Waals surface area contributed by atoms with E-state index in [-0.39, 0.29) is 37.5 Å². The second-order valence-corrected chi connectivity index (χ2v) is 6.64. The highest BCUT2D eigenvalue weighted by Crippen LogP contribution is 2.15. The van der Waals surface area contributed by atoms with Crippen molar-refractivity contribution in [1.29, 1.82) is 0 Å². The average molecular weight is 404 g/mol. The maximum absolute atomic E-state index is 12.1. The number of urea groups is 1. The smallest absolute Gasteiger partial charge is 0.327 e. The van der Waals surface area contributed by atoms with Gasteiger partial charge in [0, 0.05) is 43.2 Å². The molecule has 9 nitrogen and oxygen atoms in total. The SMILES string of the molecule is C=C1C=CN([C@@H](CCCCNC(=O)CCN2C(=C)C=CC2=O)OCCO)C(=O)N1. The molecule has 0 aromatic rings. The van der Waals surface area contributed by atoms with Gasteiger partial charge in [-0.2, -0.15) is 0 Å². The minimum Gasteiger partial charge on any atom is -0.394 e. The third-order valence-corrected chi connectivity index (χ3v) is 4.44. The number of hydrogen-bond donors (Lipinski definition) is 3. The number of allylic oxidation sites excluding steroid dienone is 2. The van der Waals surface area contributed by atoms with Crippen LogP contribution in [0.3, 0.4) is 0 Å². The number of hydrogen-bond acceptors (Lipinski definition) is 5. The van der Waals surface area contributed by atoms with Gasteiger partial charge in [-0.25, -0.2) is 4.79 Å². The van der Waals surface area contributed by atoms with Crippen molar-refractivity contribution in [2.75, 3.05) is 26.3 Å². The number of rotatable bonds is 12. The minimum atomic E-state index is -0.512. The summed E-state index contributed by atoms with van der Waals surface area (Å²) in [4.78, 5) is 38.5. The summed E-state index contributed by atoms with van der Waals surface area (Å²) >= 11 is 0. The number of nitrogens with zero attached hydrogens (tertiary/aromatic N) is 2. The van der Waals surface area contributed by atoms with Crippen LogP contribution in [0.25, 0.3) is 0 Å². The van der Waals surface area contributed by atoms with Gasteiger partial charge < -0.3 is 25.4 Å². The molecule has 0 unspecified atom stereocenters. The van der Waals surface area contributed by atoms with Crippen molar-refractivity contribution in [2.45, 2.75) is 31.9 Å². The molecule has 0 aromatic heterocycles. The Balaban J connectivity index is 1.67. The molecule has 0 saturated carbocycles. The zero-order chi connectivity index (χ0) is 21.2. The lowest BCUT2D eigenvalue weighted by Crippen LogP contribution is -2.46. The van der Waals surface area contributed by atoms with Crippen LogP contribution in [-0.4, -0.2) is 65.3 Å². The van der Waals surface area contributed by atoms with Gasteiger partial charge in [-0.05, 0) is 31.4 Å². The lowest BCUT2D eigenvalue weighted by Gasteiger charge is -2.31. The van der Waals surface area contributed by atoms with E-state index in [1.807, 2.05) is 0 Å². The zero-order valence-corrected chi connectivity index (χ0v) is 16.4. The number of carbonyl (C=O) groups excluding carboxylic acids is 3. The highest BCUT2D eigenvalue weighted by atomic mass is 16.5. The quantitative estimate of drug-likeness (QED) is 0.420. The largest absolute Gasteiger partial charge is 0.394 e. The van der Waals surface area contributed by atoms with Gasteiger partial charge in [-0.3, -0.25) is 14.5 Å². The predicted molar refractivity (Wildman–Crippen MR) is 107 cm³/mol. The molecule has 0 bridgehead atoms. The molecule has 0 aromatic carbocycles. The van der Waals surface area contributed by atoms with Crippen molar-refractivity contribution in [3.8, 4) is 0 Å². The highest BCUT2D eigenvalue weighted by molar-refractivity contribution is 5.93. The molecule has 0 fully saturated rings. The Hall–Kier alpha value is -2.91. The molecule has 2 aliphatic rings. The van der Waals surface area contributed by atoms with Gasteiger partial charge in [-0.1, -0.05) is 13.2 Å². The molecule has 158 valence electrons. The van der Waals surface area contributed by atoms with Gasteiger partial charge in [-0.15, -0.1) is 0 Å². The molecule has 4 amide bonds. The van der Waals surface area contributed by atoms with Crippen LogP contribution in [0.4, 0.5) is 4.79 Å². The van der Waals surface area contributed by atoms with Crippen molar-refractivity contribution in [3.63, 3.8) is 0 Å². The maximum atomic E-state index is 12.1. The summed E-state index contributed by atoms with van der Waals surface area (Å²) in [6, 6.07) is -0.332. The van der Waals surface area contributed by atoms with Crippen LogP contribution in [-0.2, 0) is 14.3 Å². The Morgan fingerprint density at radius 3 is 2.69 bits per heavy atom. The number of ether oxygens (including phenoxy) is 1. The van der Waals surface area contributed by atoms with Gasteiger partial charge in [0.25, 0.3) is 5.91 Å². The van der Waals surface area contributed by atoms with Crippen LogP contribution in [0, 0.1) is 0 Å². The molecule has 0 radical (unpaired) electrons. The minimum absolute atomic E-state index is 0.120. The third kappa shape index (κ3) is 6.88. The molecular formula is C20H28N4O5. The van der Waals surface area contributed by atoms with Crippen molar-refractivity contribution in [2.24, 2.45) is 0 Å². The zero-order valence-electron chi connectivity index (χ0n) is 16.4. The standard InChI is InChI=1S/C20H28N4O5/c1-15-8-11-24(20(28)22-15)19(29-14-13-25)5-3-4-10-21-17(26)9-12-23-16(2)6-7-18(23)27/h6-8,11,19,25H,1-5,9-10,12-14H2,(H,21,26)(H,22,28)/t19-/m1/s1. The molecule has 2 aliphatic heterocycles. The first-order valence-electron chi connectivity index (χ1n) is 9.56. The molecule has 2 heterocycles. The van der Waals surface area contributed by atoms with E-state index < -0.39 is 6.23 Å². The van der Waals surface area contributed by atoms with Crippen LogP contribution in [0.15, 0.2) is 49.0 Å². The van der Waals surface area contributed by atoms with E-state index in [2.05, 4.69) is 23.8 Å². The van der Waals surface area contributed by atoms with E-state index in [4.69, 9.17) is 9.84 Å². The van der Waals surface area contributed by atoms with Crippen molar-refractivity contribution >= 4 is 17.8 Å². The van der Waals surface area contributed by atoms with Gasteiger partial charge in [0.2, 0.25) is 5.91 Å². The predicted octanol–water partition coefficient (Wildman–Crippen LogP) is 0.963. The van der Waals surface area contributed by atoms with E-state index in [0.29, 0.717) is 43.7 Å². The Labute approximate surface area is 170 Å². The molecule has 2 rings (SSSR count). The van der Waals surface area contributed by atoms with Gasteiger partial charge in [0.05, 0.1) is 13.2 Å². The molecule has 1 atom stereocenters. The topological polar surface area (TPSA) is 111 Å². The number of unbranched alkanes of at least 4 members (excludes halogenated alkanes) is 1. The summed E-state index contributed by atoms with van der Waals surface area (Å²) in [5.74, 6) is -0.293. The summed E-state index contributed by atoms with van der Waals surface area (Å²) in [6.07, 6.45) is 7.99. The second-order valence-electron chi connectivity index (χ2n) is 6.64. The summed E-state index contributed by atoms with van der Waals surface area (Å²) in [5.41, 5.74) is 1.10. The maximum Gasteiger partial charge on any atom is 0.327 e. The van der Waals surface area contributed by atoms with Crippen LogP contribution >= 0.6 is 0 Å². The summed E-state index contributed by atoms with van der Waals surface area (Å²) < 4.78 is 5.57. The summed E-state index contributed by atoms with van der Waals surface area (Å²) in [6.45, 7) is 8.19. The molecular weight excluding hydrogens is 376 g/mol. The normalized spacial score (nSPS) is 17.1. The van der Waals surface area contributed by atoms with E-state index in [9.17, 15) is 14.4 Å². The fraction of sp³-hybridized carbons (Fsp3) is 0.450. The van der Waals surface area contributed by atoms with Crippen molar-refractivity contribution < 1.29 is 24.2 Å². The number of amides is 4. The first-order valence-corrected chi connectivity index (χ1v) is 9.56. The Morgan fingerprint density at radius 1 is 1.24 bits per heavy atom. The molecule has 9 heteroatoms. The Morgan fingerprint density at radius 2 is 2.03 bits per heavy atom. The first kappa shape index (κ1) is 22.4. The van der Waals surface area contributed by atoms with Crippen molar-refractivity contribution in [1.82, 2.24) is 20.4 Å². The monoisotopic (exact) mass is 404 g/mol. The Kier molecular flexibility index (Phi) is 8.63. The van der Waals surface area contributed by atoms with Crippen LogP contribution in [0.5, 0.6) is 0 Å². The van der Waals surface area contributed by atoms with E-state index >= 15 is 0 Å². The number of nitrogens with one attached hydrogen (secondary N) is 2. The van der Waals surface area contributed by atoms with Crippen LogP contribution in [0.2, 0.25) is 0 Å². The van der Waals surface area contributed by atoms with E-state index in [1.54, 1.807) is 18.4 Å². The van der Waals surface area contributed by atoms with Crippen molar-refractivity contribution in [3.05, 3.63) is 49.0 Å². The Bertz CT molecular complexity index is 698. The van der Waals surface area contributed by atoms with Gasteiger partial charge in [0.15, 0.2) is 0 Å². The molecule has 0 saturated heterocycles. The summed E-state index contributed by atoms with van der Waals surface area (Å²) in [7, 11) is 0. The van der Waals surface area contributed by atoms with Crippen LogP contribution in [0.1, 0.15) is 25.7 Å². The third-order valence-electron chi connectivity index (χ3n) is 4.44. The molecule has 29 heavy (non-hydrogen) atoms. The molecule has 3 N–H and O–H groups in total. The lowest BCUT2D eigenvalue weighted by atomic mass is 10.2. The van der Waals surface area contributed by atoms with Gasteiger partial charge >= 0.3 is 6.03 Å². The fourth-order valence-electron chi connectivity index (χ4n) is 2.92. The van der Waals surface area contributed by atoms with Crippen LogP contribution < -0.4 is 10.6 Å².